The molecule has 0 bridgehead atoms. The molecule has 26 heavy (non-hydrogen) atoms. The number of halogens is 2. The Morgan fingerprint density at radius 3 is 2.27 bits per heavy atom. The molecule has 0 heterocycles. The Morgan fingerprint density at radius 2 is 1.69 bits per heavy atom. The highest BCUT2D eigenvalue weighted by Gasteiger charge is 2.16. The highest BCUT2D eigenvalue weighted by molar-refractivity contribution is 6.39. The predicted octanol–water partition coefficient (Wildman–Crippen LogP) is 4.49. The number of likely N-dealkylation sites (N-methyl/N-ethyl adjacent to an activating group) is 1. The first kappa shape index (κ1) is 20.1. The van der Waals surface area contributed by atoms with Crippen LogP contribution in [-0.4, -0.2) is 36.9 Å². The molecule has 2 amide bonds. The van der Waals surface area contributed by atoms with Gasteiger partial charge in [-0.3, -0.25) is 9.59 Å². The van der Waals surface area contributed by atoms with E-state index in [4.69, 9.17) is 27.9 Å². The highest BCUT2D eigenvalue weighted by atomic mass is 35.5. The number of hydrogen-bond donors (Lipinski definition) is 1. The van der Waals surface area contributed by atoms with E-state index in [2.05, 4.69) is 5.32 Å². The Kier molecular flexibility index (Phi) is 7.30. The third kappa shape index (κ3) is 5.38. The SMILES string of the molecule is CCCOc1ccc(C(=O)N(C)CC(=O)Nc2c(Cl)cccc2Cl)cc1. The average Bonchev–Trinajstić information content (AvgIpc) is 2.63. The number of ether oxygens (including phenoxy) is 1. The molecule has 0 aliphatic rings. The minimum atomic E-state index is -0.390. The first-order valence-electron chi connectivity index (χ1n) is 8.14. The standard InChI is InChI=1S/C19H20Cl2N2O3/c1-3-11-26-14-9-7-13(8-10-14)19(25)23(2)12-17(24)22-18-15(20)5-4-6-16(18)21/h4-10H,3,11-12H2,1-2H3,(H,22,24). The third-order valence-electron chi connectivity index (χ3n) is 3.53. The van der Waals surface area contributed by atoms with Crippen LogP contribution in [0.5, 0.6) is 5.75 Å². The number of hydrogen-bond acceptors (Lipinski definition) is 3. The Hall–Kier alpha value is -2.24. The van der Waals surface area contributed by atoms with Gasteiger partial charge in [-0.1, -0.05) is 36.2 Å². The second-order valence-corrected chi connectivity index (χ2v) is 6.49. The van der Waals surface area contributed by atoms with Gasteiger partial charge in [-0.2, -0.15) is 0 Å². The fourth-order valence-electron chi connectivity index (χ4n) is 2.22. The van der Waals surface area contributed by atoms with Crippen LogP contribution in [0.2, 0.25) is 10.0 Å². The van der Waals surface area contributed by atoms with Gasteiger partial charge in [-0.05, 0) is 42.8 Å². The number of benzene rings is 2. The molecular formula is C19H20Cl2N2O3. The number of nitrogens with one attached hydrogen (secondary N) is 1. The van der Waals surface area contributed by atoms with Crippen molar-refractivity contribution in [3.8, 4) is 5.75 Å². The summed E-state index contributed by atoms with van der Waals surface area (Å²) in [6.45, 7) is 2.51. The van der Waals surface area contributed by atoms with Crippen molar-refractivity contribution in [2.75, 3.05) is 25.5 Å². The van der Waals surface area contributed by atoms with E-state index < -0.39 is 5.91 Å². The zero-order valence-corrected chi connectivity index (χ0v) is 16.1. The molecule has 1 N–H and O–H groups in total. The molecule has 2 aromatic rings. The van der Waals surface area contributed by atoms with Crippen molar-refractivity contribution < 1.29 is 14.3 Å². The van der Waals surface area contributed by atoms with Crippen molar-refractivity contribution in [1.82, 2.24) is 4.90 Å². The lowest BCUT2D eigenvalue weighted by atomic mass is 10.2. The van der Waals surface area contributed by atoms with Crippen LogP contribution < -0.4 is 10.1 Å². The number of para-hydroxylation sites is 1. The molecule has 0 atom stereocenters. The third-order valence-corrected chi connectivity index (χ3v) is 4.16. The summed E-state index contributed by atoms with van der Waals surface area (Å²) in [6.07, 6.45) is 0.911. The number of carbonyl (C=O) groups excluding carboxylic acids is 2. The highest BCUT2D eigenvalue weighted by Crippen LogP contribution is 2.29. The minimum Gasteiger partial charge on any atom is -0.494 e. The number of carbonyl (C=O) groups is 2. The Bertz CT molecular complexity index is 759. The van der Waals surface area contributed by atoms with E-state index in [1.807, 2.05) is 6.92 Å². The molecule has 7 heteroatoms. The Balaban J connectivity index is 1.96. The van der Waals surface area contributed by atoms with Crippen molar-refractivity contribution in [2.45, 2.75) is 13.3 Å². The van der Waals surface area contributed by atoms with Crippen LogP contribution in [-0.2, 0) is 4.79 Å². The topological polar surface area (TPSA) is 58.6 Å². The van der Waals surface area contributed by atoms with Crippen LogP contribution in [0, 0.1) is 0 Å². The zero-order valence-electron chi connectivity index (χ0n) is 14.6. The van der Waals surface area contributed by atoms with Crippen LogP contribution in [0.25, 0.3) is 0 Å². The molecule has 0 radical (unpaired) electrons. The first-order chi connectivity index (χ1) is 12.4. The molecule has 5 nitrogen and oxygen atoms in total. The molecule has 0 unspecified atom stereocenters. The second-order valence-electron chi connectivity index (χ2n) is 5.68. The predicted molar refractivity (Wildman–Crippen MR) is 104 cm³/mol. The van der Waals surface area contributed by atoms with Crippen LogP contribution in [0.4, 0.5) is 5.69 Å². The average molecular weight is 395 g/mol. The first-order valence-corrected chi connectivity index (χ1v) is 8.90. The van der Waals surface area contributed by atoms with Crippen molar-refractivity contribution in [3.05, 3.63) is 58.1 Å². The molecule has 0 saturated carbocycles. The number of amides is 2. The van der Waals surface area contributed by atoms with Gasteiger partial charge in [-0.15, -0.1) is 0 Å². The molecule has 0 saturated heterocycles. The van der Waals surface area contributed by atoms with Crippen LogP contribution in [0.1, 0.15) is 23.7 Å². The normalized spacial score (nSPS) is 10.3. The van der Waals surface area contributed by atoms with Gasteiger partial charge in [0.15, 0.2) is 0 Å². The maximum absolute atomic E-state index is 12.4. The van der Waals surface area contributed by atoms with E-state index in [1.54, 1.807) is 49.5 Å². The fraction of sp³-hybridized carbons (Fsp3) is 0.263. The van der Waals surface area contributed by atoms with E-state index in [1.165, 1.54) is 4.90 Å². The smallest absolute Gasteiger partial charge is 0.254 e. The van der Waals surface area contributed by atoms with E-state index in [0.717, 1.165) is 6.42 Å². The second kappa shape index (κ2) is 9.46. The minimum absolute atomic E-state index is 0.130. The van der Waals surface area contributed by atoms with Crippen LogP contribution in [0.15, 0.2) is 42.5 Å². The Morgan fingerprint density at radius 1 is 1.08 bits per heavy atom. The van der Waals surface area contributed by atoms with Gasteiger partial charge < -0.3 is 15.0 Å². The van der Waals surface area contributed by atoms with Crippen molar-refractivity contribution in [3.63, 3.8) is 0 Å². The van der Waals surface area contributed by atoms with Gasteiger partial charge in [0, 0.05) is 12.6 Å². The number of anilines is 1. The van der Waals surface area contributed by atoms with E-state index in [-0.39, 0.29) is 12.5 Å². The summed E-state index contributed by atoms with van der Waals surface area (Å²) < 4.78 is 5.49. The van der Waals surface area contributed by atoms with Crippen molar-refractivity contribution >= 4 is 40.7 Å². The molecule has 0 spiro atoms. The maximum Gasteiger partial charge on any atom is 0.254 e. The molecule has 0 aliphatic carbocycles. The van der Waals surface area contributed by atoms with Crippen molar-refractivity contribution in [1.29, 1.82) is 0 Å². The van der Waals surface area contributed by atoms with E-state index in [0.29, 0.717) is 33.7 Å². The number of nitrogens with zero attached hydrogens (tertiary/aromatic N) is 1. The summed E-state index contributed by atoms with van der Waals surface area (Å²) in [4.78, 5) is 26.0. The fourth-order valence-corrected chi connectivity index (χ4v) is 2.71. The van der Waals surface area contributed by atoms with Gasteiger partial charge >= 0.3 is 0 Å². The lowest BCUT2D eigenvalue weighted by molar-refractivity contribution is -0.116. The lowest BCUT2D eigenvalue weighted by Gasteiger charge is -2.18. The molecule has 0 fully saturated rings. The van der Waals surface area contributed by atoms with Gasteiger partial charge in [0.25, 0.3) is 5.91 Å². The summed E-state index contributed by atoms with van der Waals surface area (Å²) >= 11 is 12.1. The summed E-state index contributed by atoms with van der Waals surface area (Å²) in [7, 11) is 1.55. The monoisotopic (exact) mass is 394 g/mol. The quantitative estimate of drug-likeness (QED) is 0.752. The molecule has 2 rings (SSSR count). The maximum atomic E-state index is 12.4. The van der Waals surface area contributed by atoms with E-state index in [9.17, 15) is 9.59 Å². The molecule has 0 aliphatic heterocycles. The molecule has 138 valence electrons. The molecule has 0 aromatic heterocycles. The largest absolute Gasteiger partial charge is 0.494 e. The van der Waals surface area contributed by atoms with Gasteiger partial charge in [-0.25, -0.2) is 0 Å². The molecule has 2 aromatic carbocycles. The number of rotatable bonds is 7. The van der Waals surface area contributed by atoms with E-state index >= 15 is 0 Å². The van der Waals surface area contributed by atoms with Crippen LogP contribution in [0.3, 0.4) is 0 Å². The van der Waals surface area contributed by atoms with Gasteiger partial charge in [0.05, 0.1) is 28.9 Å². The van der Waals surface area contributed by atoms with Crippen LogP contribution >= 0.6 is 23.2 Å². The summed E-state index contributed by atoms with van der Waals surface area (Å²) in [5.41, 5.74) is 0.805. The van der Waals surface area contributed by atoms with Crippen molar-refractivity contribution in [2.24, 2.45) is 0 Å². The molecular weight excluding hydrogens is 375 g/mol. The summed E-state index contributed by atoms with van der Waals surface area (Å²) in [6, 6.07) is 11.8. The zero-order chi connectivity index (χ0) is 19.1. The lowest BCUT2D eigenvalue weighted by Crippen LogP contribution is -2.35. The van der Waals surface area contributed by atoms with Gasteiger partial charge in [0.2, 0.25) is 5.91 Å². The Labute approximate surface area is 162 Å². The summed E-state index contributed by atoms with van der Waals surface area (Å²) in [5, 5.41) is 3.30. The van der Waals surface area contributed by atoms with Gasteiger partial charge in [0.1, 0.15) is 5.75 Å². The summed E-state index contributed by atoms with van der Waals surface area (Å²) in [5.74, 6) is 0.0448.